The Bertz CT molecular complexity index is 436. The van der Waals surface area contributed by atoms with Crippen LogP contribution in [0.3, 0.4) is 0 Å². The summed E-state index contributed by atoms with van der Waals surface area (Å²) in [6, 6.07) is 6.41. The van der Waals surface area contributed by atoms with Gasteiger partial charge >= 0.3 is 0 Å². The lowest BCUT2D eigenvalue weighted by atomic mass is 9.87. The van der Waals surface area contributed by atoms with Crippen LogP contribution in [-0.2, 0) is 11.8 Å². The van der Waals surface area contributed by atoms with Gasteiger partial charge in [0.05, 0.1) is 13.2 Å². The average molecular weight is 218 g/mol. The Hall–Kier alpha value is -1.02. The molecule has 1 heterocycles. The molecule has 1 unspecified atom stereocenters. The van der Waals surface area contributed by atoms with Gasteiger partial charge < -0.3 is 9.84 Å². The third kappa shape index (κ3) is 1.17. The molecule has 16 heavy (non-hydrogen) atoms. The SMILES string of the molecule is CC1(C)CC1(CO)c1ccc2c(c1)CCO2. The van der Waals surface area contributed by atoms with Gasteiger partial charge in [-0.2, -0.15) is 0 Å². The van der Waals surface area contributed by atoms with Gasteiger partial charge in [-0.25, -0.2) is 0 Å². The summed E-state index contributed by atoms with van der Waals surface area (Å²) < 4.78 is 5.51. The van der Waals surface area contributed by atoms with Crippen LogP contribution in [0.4, 0.5) is 0 Å². The van der Waals surface area contributed by atoms with Crippen molar-refractivity contribution in [1.29, 1.82) is 0 Å². The molecule has 1 fully saturated rings. The van der Waals surface area contributed by atoms with Crippen molar-refractivity contribution < 1.29 is 9.84 Å². The number of rotatable bonds is 2. The van der Waals surface area contributed by atoms with Crippen molar-refractivity contribution in [2.75, 3.05) is 13.2 Å². The fourth-order valence-corrected chi connectivity index (χ4v) is 3.05. The van der Waals surface area contributed by atoms with Crippen LogP contribution in [0.1, 0.15) is 31.4 Å². The monoisotopic (exact) mass is 218 g/mol. The molecule has 0 amide bonds. The molecule has 2 nitrogen and oxygen atoms in total. The van der Waals surface area contributed by atoms with Crippen LogP contribution in [0.2, 0.25) is 0 Å². The molecular weight excluding hydrogens is 200 g/mol. The maximum absolute atomic E-state index is 9.66. The van der Waals surface area contributed by atoms with E-state index in [0.29, 0.717) is 0 Å². The molecule has 0 aromatic heterocycles. The Labute approximate surface area is 96.2 Å². The summed E-state index contributed by atoms with van der Waals surface area (Å²) >= 11 is 0. The van der Waals surface area contributed by atoms with E-state index in [2.05, 4.69) is 32.0 Å². The molecule has 1 aromatic rings. The van der Waals surface area contributed by atoms with Gasteiger partial charge in [0.2, 0.25) is 0 Å². The molecule has 1 atom stereocenters. The van der Waals surface area contributed by atoms with Crippen LogP contribution in [0.15, 0.2) is 18.2 Å². The topological polar surface area (TPSA) is 29.5 Å². The standard InChI is InChI=1S/C14H18O2/c1-13(2)8-14(13,9-15)11-3-4-12-10(7-11)5-6-16-12/h3-4,7,15H,5-6,8-9H2,1-2H3. The highest BCUT2D eigenvalue weighted by molar-refractivity contribution is 5.46. The lowest BCUT2D eigenvalue weighted by Gasteiger charge is -2.19. The van der Waals surface area contributed by atoms with Crippen LogP contribution in [0, 0.1) is 5.41 Å². The van der Waals surface area contributed by atoms with Crippen molar-refractivity contribution in [1.82, 2.24) is 0 Å². The molecule has 3 rings (SSSR count). The first-order valence-electron chi connectivity index (χ1n) is 5.96. The van der Waals surface area contributed by atoms with E-state index in [9.17, 15) is 5.11 Å². The summed E-state index contributed by atoms with van der Waals surface area (Å²) in [6.45, 7) is 5.51. The first-order chi connectivity index (χ1) is 7.59. The summed E-state index contributed by atoms with van der Waals surface area (Å²) in [4.78, 5) is 0. The van der Waals surface area contributed by atoms with Crippen LogP contribution in [0.25, 0.3) is 0 Å². The number of aliphatic hydroxyl groups excluding tert-OH is 1. The van der Waals surface area contributed by atoms with E-state index in [1.54, 1.807) is 0 Å². The molecule has 1 aliphatic heterocycles. The molecule has 1 saturated carbocycles. The molecule has 0 saturated heterocycles. The van der Waals surface area contributed by atoms with E-state index < -0.39 is 0 Å². The van der Waals surface area contributed by atoms with Gasteiger partial charge in [-0.1, -0.05) is 26.0 Å². The van der Waals surface area contributed by atoms with Crippen molar-refractivity contribution in [3.05, 3.63) is 29.3 Å². The van der Waals surface area contributed by atoms with Crippen LogP contribution < -0.4 is 4.74 Å². The number of hydrogen-bond donors (Lipinski definition) is 1. The fourth-order valence-electron chi connectivity index (χ4n) is 3.05. The van der Waals surface area contributed by atoms with Gasteiger partial charge in [-0.15, -0.1) is 0 Å². The second-order valence-electron chi connectivity index (χ2n) is 5.72. The molecule has 1 aromatic carbocycles. The molecular formula is C14H18O2. The minimum absolute atomic E-state index is 0.00931. The first-order valence-corrected chi connectivity index (χ1v) is 5.96. The second kappa shape index (κ2) is 3.01. The van der Waals surface area contributed by atoms with Crippen molar-refractivity contribution in [2.45, 2.75) is 32.1 Å². The third-order valence-electron chi connectivity index (χ3n) is 4.43. The minimum Gasteiger partial charge on any atom is -0.493 e. The molecule has 0 radical (unpaired) electrons. The molecule has 1 aliphatic carbocycles. The lowest BCUT2D eigenvalue weighted by molar-refractivity contribution is 0.231. The second-order valence-corrected chi connectivity index (χ2v) is 5.72. The number of aliphatic hydroxyl groups is 1. The van der Waals surface area contributed by atoms with Gasteiger partial charge in [0, 0.05) is 11.8 Å². The molecule has 1 N–H and O–H groups in total. The summed E-state index contributed by atoms with van der Waals surface area (Å²) in [7, 11) is 0. The van der Waals surface area contributed by atoms with Gasteiger partial charge in [-0.05, 0) is 29.0 Å². The quantitative estimate of drug-likeness (QED) is 0.825. The third-order valence-corrected chi connectivity index (χ3v) is 4.43. The van der Waals surface area contributed by atoms with Crippen molar-refractivity contribution in [3.63, 3.8) is 0 Å². The zero-order chi connectivity index (χ0) is 11.4. The highest BCUT2D eigenvalue weighted by Gasteiger charge is 2.61. The lowest BCUT2D eigenvalue weighted by Crippen LogP contribution is -2.19. The highest BCUT2D eigenvalue weighted by Crippen LogP contribution is 2.64. The molecule has 2 heteroatoms. The Morgan fingerprint density at radius 2 is 2.12 bits per heavy atom. The Balaban J connectivity index is 2.02. The first kappa shape index (κ1) is 10.2. The molecule has 0 spiro atoms. The largest absolute Gasteiger partial charge is 0.493 e. The summed E-state index contributed by atoms with van der Waals surface area (Å²) in [5, 5.41) is 9.66. The van der Waals surface area contributed by atoms with Crippen molar-refractivity contribution in [2.24, 2.45) is 5.41 Å². The van der Waals surface area contributed by atoms with E-state index in [4.69, 9.17) is 4.74 Å². The Morgan fingerprint density at radius 3 is 2.75 bits per heavy atom. The number of hydrogen-bond acceptors (Lipinski definition) is 2. The van der Waals surface area contributed by atoms with Gasteiger partial charge in [0.25, 0.3) is 0 Å². The minimum atomic E-state index is -0.00931. The molecule has 0 bridgehead atoms. The number of fused-ring (bicyclic) bond motifs is 1. The van der Waals surface area contributed by atoms with E-state index in [-0.39, 0.29) is 17.4 Å². The van der Waals surface area contributed by atoms with Crippen LogP contribution >= 0.6 is 0 Å². The highest BCUT2D eigenvalue weighted by atomic mass is 16.5. The normalized spacial score (nSPS) is 29.7. The average Bonchev–Trinajstić information content (AvgIpc) is 2.63. The van der Waals surface area contributed by atoms with Crippen molar-refractivity contribution in [3.8, 4) is 5.75 Å². The van der Waals surface area contributed by atoms with Crippen molar-refractivity contribution >= 4 is 0 Å². The van der Waals surface area contributed by atoms with Gasteiger partial charge in [0.15, 0.2) is 0 Å². The van der Waals surface area contributed by atoms with Crippen LogP contribution in [0.5, 0.6) is 5.75 Å². The fraction of sp³-hybridized carbons (Fsp3) is 0.571. The predicted octanol–water partition coefficient (Wildman–Crippen LogP) is 2.28. The summed E-state index contributed by atoms with van der Waals surface area (Å²) in [5.41, 5.74) is 2.80. The predicted molar refractivity (Wildman–Crippen MR) is 62.8 cm³/mol. The van der Waals surface area contributed by atoms with Crippen LogP contribution in [-0.4, -0.2) is 18.3 Å². The van der Waals surface area contributed by atoms with E-state index in [0.717, 1.165) is 25.2 Å². The maximum atomic E-state index is 9.66. The Morgan fingerprint density at radius 1 is 1.38 bits per heavy atom. The van der Waals surface area contributed by atoms with E-state index in [1.165, 1.54) is 11.1 Å². The maximum Gasteiger partial charge on any atom is 0.122 e. The zero-order valence-electron chi connectivity index (χ0n) is 9.92. The van der Waals surface area contributed by atoms with E-state index in [1.807, 2.05) is 0 Å². The summed E-state index contributed by atoms with van der Waals surface area (Å²) in [5.74, 6) is 1.02. The molecule has 2 aliphatic rings. The molecule has 86 valence electrons. The smallest absolute Gasteiger partial charge is 0.122 e. The number of benzene rings is 1. The van der Waals surface area contributed by atoms with Gasteiger partial charge in [0.1, 0.15) is 5.75 Å². The zero-order valence-corrected chi connectivity index (χ0v) is 9.92. The number of ether oxygens (including phenoxy) is 1. The Kier molecular flexibility index (Phi) is 1.91. The van der Waals surface area contributed by atoms with Gasteiger partial charge in [-0.3, -0.25) is 0 Å². The summed E-state index contributed by atoms with van der Waals surface area (Å²) in [6.07, 6.45) is 2.08. The van der Waals surface area contributed by atoms with E-state index >= 15 is 0 Å².